The van der Waals surface area contributed by atoms with Gasteiger partial charge in [0.15, 0.2) is 0 Å². The summed E-state index contributed by atoms with van der Waals surface area (Å²) < 4.78 is 5.92. The summed E-state index contributed by atoms with van der Waals surface area (Å²) >= 11 is 0. The quantitative estimate of drug-likeness (QED) is 0.737. The maximum absolute atomic E-state index is 5.92. The van der Waals surface area contributed by atoms with Crippen molar-refractivity contribution in [3.63, 3.8) is 0 Å². The van der Waals surface area contributed by atoms with Crippen LogP contribution in [0.3, 0.4) is 0 Å². The topological polar surface area (TPSA) is 9.23 Å². The molecule has 1 heteroatoms. The molecule has 2 aromatic rings. The van der Waals surface area contributed by atoms with E-state index in [1.165, 1.54) is 22.3 Å². The minimum Gasteiger partial charge on any atom is -0.371 e. The molecule has 0 unspecified atom stereocenters. The molecule has 1 nitrogen and oxygen atoms in total. The number of hydrogen-bond acceptors (Lipinski definition) is 1. The van der Waals surface area contributed by atoms with Gasteiger partial charge in [0.05, 0.1) is 12.2 Å². The van der Waals surface area contributed by atoms with Crippen LogP contribution < -0.4 is 0 Å². The van der Waals surface area contributed by atoms with Crippen molar-refractivity contribution in [3.05, 3.63) is 59.7 Å². The lowest BCUT2D eigenvalue weighted by Crippen LogP contribution is -2.18. The standard InChI is InChI=1S/C19H24O/c1-5-15-10-12-16(13-11-15)18-9-7-6-8-17(18)14-20-19(2,3)4/h6-13H,5,14H2,1-4H3. The van der Waals surface area contributed by atoms with Gasteiger partial charge >= 0.3 is 0 Å². The predicted molar refractivity (Wildman–Crippen MR) is 85.8 cm³/mol. The van der Waals surface area contributed by atoms with Crippen molar-refractivity contribution in [2.75, 3.05) is 0 Å². The highest BCUT2D eigenvalue weighted by Crippen LogP contribution is 2.26. The molecule has 0 amide bonds. The third-order valence-electron chi connectivity index (χ3n) is 3.35. The van der Waals surface area contributed by atoms with Crippen molar-refractivity contribution >= 4 is 0 Å². The molecule has 0 atom stereocenters. The van der Waals surface area contributed by atoms with Crippen LogP contribution in [-0.2, 0) is 17.8 Å². The molecule has 0 aliphatic heterocycles. The van der Waals surface area contributed by atoms with Crippen LogP contribution in [0.25, 0.3) is 11.1 Å². The van der Waals surface area contributed by atoms with Gasteiger partial charge in [-0.3, -0.25) is 0 Å². The van der Waals surface area contributed by atoms with E-state index >= 15 is 0 Å². The van der Waals surface area contributed by atoms with Crippen molar-refractivity contribution < 1.29 is 4.74 Å². The van der Waals surface area contributed by atoms with Crippen molar-refractivity contribution in [2.24, 2.45) is 0 Å². The fourth-order valence-electron chi connectivity index (χ4n) is 2.14. The van der Waals surface area contributed by atoms with Crippen LogP contribution in [0, 0.1) is 0 Å². The highest BCUT2D eigenvalue weighted by atomic mass is 16.5. The summed E-state index contributed by atoms with van der Waals surface area (Å²) in [6, 6.07) is 17.3. The Bertz CT molecular complexity index is 547. The van der Waals surface area contributed by atoms with E-state index < -0.39 is 0 Å². The Morgan fingerprint density at radius 2 is 1.55 bits per heavy atom. The summed E-state index contributed by atoms with van der Waals surface area (Å²) in [7, 11) is 0. The first-order valence-corrected chi connectivity index (χ1v) is 7.31. The first-order chi connectivity index (χ1) is 9.49. The van der Waals surface area contributed by atoms with E-state index in [4.69, 9.17) is 4.74 Å². The summed E-state index contributed by atoms with van der Waals surface area (Å²) in [5, 5.41) is 0. The highest BCUT2D eigenvalue weighted by Gasteiger charge is 2.12. The summed E-state index contributed by atoms with van der Waals surface area (Å²) in [6.07, 6.45) is 1.08. The molecule has 0 radical (unpaired) electrons. The van der Waals surface area contributed by atoms with Crippen molar-refractivity contribution in [2.45, 2.75) is 46.3 Å². The Morgan fingerprint density at radius 1 is 0.900 bits per heavy atom. The Hall–Kier alpha value is -1.60. The third-order valence-corrected chi connectivity index (χ3v) is 3.35. The van der Waals surface area contributed by atoms with Gasteiger partial charge in [0, 0.05) is 0 Å². The van der Waals surface area contributed by atoms with Gasteiger partial charge in [-0.15, -0.1) is 0 Å². The van der Waals surface area contributed by atoms with Crippen LogP contribution in [-0.4, -0.2) is 5.60 Å². The van der Waals surface area contributed by atoms with Crippen LogP contribution in [0.5, 0.6) is 0 Å². The third kappa shape index (κ3) is 3.94. The molecule has 0 N–H and O–H groups in total. The molecular formula is C19H24O. The molecule has 0 aliphatic carbocycles. The van der Waals surface area contributed by atoms with Crippen molar-refractivity contribution in [1.82, 2.24) is 0 Å². The van der Waals surface area contributed by atoms with Gasteiger partial charge in [0.25, 0.3) is 0 Å². The maximum atomic E-state index is 5.92. The van der Waals surface area contributed by atoms with Gasteiger partial charge in [-0.25, -0.2) is 0 Å². The average Bonchev–Trinajstić information content (AvgIpc) is 2.45. The highest BCUT2D eigenvalue weighted by molar-refractivity contribution is 5.67. The van der Waals surface area contributed by atoms with Gasteiger partial charge in [-0.05, 0) is 49.4 Å². The first kappa shape index (κ1) is 14.8. The molecular weight excluding hydrogens is 244 g/mol. The minimum atomic E-state index is -0.112. The lowest BCUT2D eigenvalue weighted by Gasteiger charge is -2.21. The van der Waals surface area contributed by atoms with Crippen LogP contribution in [0.15, 0.2) is 48.5 Å². The Balaban J connectivity index is 2.26. The number of hydrogen-bond donors (Lipinski definition) is 0. The van der Waals surface area contributed by atoms with E-state index in [0.29, 0.717) is 6.61 Å². The first-order valence-electron chi connectivity index (χ1n) is 7.31. The second kappa shape index (κ2) is 6.23. The minimum absolute atomic E-state index is 0.112. The fourth-order valence-corrected chi connectivity index (χ4v) is 2.14. The molecule has 0 aromatic heterocycles. The molecule has 0 aliphatic rings. The maximum Gasteiger partial charge on any atom is 0.0730 e. The van der Waals surface area contributed by atoms with Crippen molar-refractivity contribution in [3.8, 4) is 11.1 Å². The van der Waals surface area contributed by atoms with Gasteiger partial charge in [-0.1, -0.05) is 55.5 Å². The molecule has 106 valence electrons. The number of rotatable bonds is 4. The predicted octanol–water partition coefficient (Wildman–Crippen LogP) is 5.23. The normalized spacial score (nSPS) is 11.6. The van der Waals surface area contributed by atoms with Gasteiger partial charge in [0.1, 0.15) is 0 Å². The molecule has 20 heavy (non-hydrogen) atoms. The van der Waals surface area contributed by atoms with E-state index in [0.717, 1.165) is 6.42 Å². The molecule has 2 aromatic carbocycles. The smallest absolute Gasteiger partial charge is 0.0730 e. The van der Waals surface area contributed by atoms with Crippen LogP contribution in [0.1, 0.15) is 38.8 Å². The Kier molecular flexibility index (Phi) is 4.61. The molecule has 0 saturated heterocycles. The molecule has 2 rings (SSSR count). The van der Waals surface area contributed by atoms with Crippen LogP contribution in [0.2, 0.25) is 0 Å². The number of aryl methyl sites for hydroxylation is 1. The zero-order valence-electron chi connectivity index (χ0n) is 12.9. The van der Waals surface area contributed by atoms with E-state index in [9.17, 15) is 0 Å². The van der Waals surface area contributed by atoms with Gasteiger partial charge < -0.3 is 4.74 Å². The molecule has 0 spiro atoms. The van der Waals surface area contributed by atoms with Crippen LogP contribution in [0.4, 0.5) is 0 Å². The Morgan fingerprint density at radius 3 is 2.15 bits per heavy atom. The zero-order chi connectivity index (χ0) is 14.6. The number of benzene rings is 2. The molecule has 0 saturated carbocycles. The summed E-state index contributed by atoms with van der Waals surface area (Å²) in [4.78, 5) is 0. The van der Waals surface area contributed by atoms with E-state index in [-0.39, 0.29) is 5.60 Å². The second-order valence-electron chi connectivity index (χ2n) is 6.11. The van der Waals surface area contributed by atoms with Crippen molar-refractivity contribution in [1.29, 1.82) is 0 Å². The number of ether oxygens (including phenoxy) is 1. The lowest BCUT2D eigenvalue weighted by molar-refractivity contribution is -0.0147. The van der Waals surface area contributed by atoms with Gasteiger partial charge in [-0.2, -0.15) is 0 Å². The van der Waals surface area contributed by atoms with Gasteiger partial charge in [0.2, 0.25) is 0 Å². The lowest BCUT2D eigenvalue weighted by atomic mass is 9.98. The molecule has 0 heterocycles. The molecule has 0 fully saturated rings. The van der Waals surface area contributed by atoms with Crippen LogP contribution >= 0.6 is 0 Å². The average molecular weight is 268 g/mol. The van der Waals surface area contributed by atoms with E-state index in [1.807, 2.05) is 0 Å². The Labute approximate surface area is 122 Å². The fraction of sp³-hybridized carbons (Fsp3) is 0.368. The zero-order valence-corrected chi connectivity index (χ0v) is 12.9. The second-order valence-corrected chi connectivity index (χ2v) is 6.11. The van der Waals surface area contributed by atoms with E-state index in [1.54, 1.807) is 0 Å². The largest absolute Gasteiger partial charge is 0.371 e. The monoisotopic (exact) mass is 268 g/mol. The SMILES string of the molecule is CCc1ccc(-c2ccccc2COC(C)(C)C)cc1. The van der Waals surface area contributed by atoms with E-state index in [2.05, 4.69) is 76.2 Å². The summed E-state index contributed by atoms with van der Waals surface area (Å²) in [5.74, 6) is 0. The molecule has 0 bridgehead atoms. The summed E-state index contributed by atoms with van der Waals surface area (Å²) in [5.41, 5.74) is 5.03. The summed E-state index contributed by atoms with van der Waals surface area (Å²) in [6.45, 7) is 9.10.